The van der Waals surface area contributed by atoms with Gasteiger partial charge in [0, 0.05) is 14.9 Å². The molecule has 0 aliphatic carbocycles. The van der Waals surface area contributed by atoms with Crippen LogP contribution in [0.25, 0.3) is 60.2 Å². The molecule has 7 rings (SSSR count). The Morgan fingerprint density at radius 1 is 0.676 bits per heavy atom. The lowest BCUT2D eigenvalue weighted by molar-refractivity contribution is 1.02. The maximum absolute atomic E-state index is 9.16. The molecule has 7 aromatic rings. The Morgan fingerprint density at radius 2 is 1.32 bits per heavy atom. The summed E-state index contributed by atoms with van der Waals surface area (Å²) in [6.07, 6.45) is 0. The van der Waals surface area contributed by atoms with E-state index >= 15 is 0 Å². The molecule has 0 aliphatic rings. The first-order valence-electron chi connectivity index (χ1n) is 16.3. The van der Waals surface area contributed by atoms with Crippen LogP contribution in [0.1, 0.15) is 20.9 Å². The summed E-state index contributed by atoms with van der Waals surface area (Å²) in [7, 11) is 0. The van der Waals surface area contributed by atoms with Crippen molar-refractivity contribution in [1.29, 1.82) is 0 Å². The van der Waals surface area contributed by atoms with E-state index < -0.39 is 61.0 Å². The highest BCUT2D eigenvalue weighted by molar-refractivity contribution is 6.21. The summed E-state index contributed by atoms with van der Waals surface area (Å²) in [6.45, 7) is -2.80. The van der Waals surface area contributed by atoms with Gasteiger partial charge in [0.15, 0.2) is 0 Å². The highest BCUT2D eigenvalue weighted by Gasteiger charge is 2.20. The van der Waals surface area contributed by atoms with Crippen molar-refractivity contribution in [3.8, 4) is 16.8 Å². The van der Waals surface area contributed by atoms with Gasteiger partial charge in [-0.1, -0.05) is 103 Å². The van der Waals surface area contributed by atoms with Crippen LogP contribution in [0, 0.1) is 6.85 Å². The molecular weight excluding hydrogens is 412 g/mol. The van der Waals surface area contributed by atoms with Crippen molar-refractivity contribution in [3.05, 3.63) is 121 Å². The van der Waals surface area contributed by atoms with Gasteiger partial charge in [-0.15, -0.1) is 0 Å². The van der Waals surface area contributed by atoms with Crippen LogP contribution >= 0.6 is 0 Å². The summed E-state index contributed by atoms with van der Waals surface area (Å²) in [4.78, 5) is 4.40. The molecule has 6 aromatic carbocycles. The number of fused-ring (bicyclic) bond motifs is 4. The van der Waals surface area contributed by atoms with E-state index in [1.165, 1.54) is 4.57 Å². The van der Waals surface area contributed by atoms with Gasteiger partial charge in [-0.2, -0.15) is 0 Å². The largest absolute Gasteiger partial charge is 0.295 e. The predicted molar refractivity (Wildman–Crippen MR) is 144 cm³/mol. The second kappa shape index (κ2) is 7.29. The average Bonchev–Trinajstić information content (AvgIpc) is 3.43. The van der Waals surface area contributed by atoms with Crippen LogP contribution in [-0.4, -0.2) is 9.55 Å². The maximum Gasteiger partial charge on any atom is 0.111 e. The van der Waals surface area contributed by atoms with Gasteiger partial charge in [-0.25, -0.2) is 4.98 Å². The number of rotatable bonds is 2. The highest BCUT2D eigenvalue weighted by atomic mass is 15.1. The van der Waals surface area contributed by atoms with E-state index in [9.17, 15) is 0 Å². The fourth-order valence-corrected chi connectivity index (χ4v) is 4.79. The summed E-state index contributed by atoms with van der Waals surface area (Å²) in [5.41, 5.74) is 1.17. The lowest BCUT2D eigenvalue weighted by atomic mass is 9.88. The standard InChI is InChI=1S/C32H22N2/c1-21-33-29-19-8-9-20-30(29)34(21)32-27-16-6-4-14-25(27)31(26-15-5-7-17-28(26)32)24-18-10-12-22-11-2-3-13-23(22)24/h2-20H,1H3/i1D3,4D,5D,6D,7D,14D,15D,16D,17D. The molecule has 160 valence electrons. The van der Waals surface area contributed by atoms with Crippen molar-refractivity contribution >= 4 is 43.4 Å². The van der Waals surface area contributed by atoms with Crippen LogP contribution < -0.4 is 0 Å². The molecule has 34 heavy (non-hydrogen) atoms. The maximum atomic E-state index is 9.16. The van der Waals surface area contributed by atoms with E-state index in [-0.39, 0.29) is 32.8 Å². The lowest BCUT2D eigenvalue weighted by Gasteiger charge is -2.20. The van der Waals surface area contributed by atoms with E-state index in [1.807, 2.05) is 30.3 Å². The number of aromatic nitrogens is 2. The second-order valence-electron chi connectivity index (χ2n) is 8.01. The second-order valence-corrected chi connectivity index (χ2v) is 8.01. The van der Waals surface area contributed by atoms with Crippen molar-refractivity contribution < 1.29 is 15.1 Å². The first-order valence-corrected chi connectivity index (χ1v) is 10.8. The molecule has 0 aliphatic heterocycles. The number of imidazole rings is 1. The Balaban J connectivity index is 1.91. The first kappa shape index (κ1) is 11.1. The molecular formula is C32H22N2. The van der Waals surface area contributed by atoms with Crippen LogP contribution in [0.4, 0.5) is 0 Å². The zero-order valence-corrected chi connectivity index (χ0v) is 17.7. The molecule has 1 aromatic heterocycles. The van der Waals surface area contributed by atoms with Crippen LogP contribution in [0.2, 0.25) is 0 Å². The Morgan fingerprint density at radius 3 is 2.09 bits per heavy atom. The van der Waals surface area contributed by atoms with Gasteiger partial charge in [-0.05, 0) is 51.7 Å². The number of nitrogens with zero attached hydrogens (tertiary/aromatic N) is 2. The monoisotopic (exact) mass is 445 g/mol. The molecule has 0 fully saturated rings. The summed E-state index contributed by atoms with van der Waals surface area (Å²) >= 11 is 0. The van der Waals surface area contributed by atoms with Gasteiger partial charge in [0.25, 0.3) is 0 Å². The van der Waals surface area contributed by atoms with Crippen molar-refractivity contribution in [2.75, 3.05) is 0 Å². The molecule has 0 amide bonds. The Hall–Kier alpha value is -4.43. The van der Waals surface area contributed by atoms with E-state index in [0.29, 0.717) is 22.0 Å². The Labute approximate surface area is 213 Å². The van der Waals surface area contributed by atoms with Crippen molar-refractivity contribution in [1.82, 2.24) is 9.55 Å². The lowest BCUT2D eigenvalue weighted by Crippen LogP contribution is -2.01. The molecule has 2 heteroatoms. The fraction of sp³-hybridized carbons (Fsp3) is 0.0312. The third kappa shape index (κ3) is 2.66. The van der Waals surface area contributed by atoms with Crippen LogP contribution in [0.5, 0.6) is 0 Å². The highest BCUT2D eigenvalue weighted by Crippen LogP contribution is 2.43. The molecule has 0 bridgehead atoms. The van der Waals surface area contributed by atoms with E-state index in [4.69, 9.17) is 15.1 Å². The molecule has 0 unspecified atom stereocenters. The average molecular weight is 446 g/mol. The summed E-state index contributed by atoms with van der Waals surface area (Å²) in [5.74, 6) is -0.413. The minimum atomic E-state index is -2.80. The zero-order valence-electron chi connectivity index (χ0n) is 28.7. The molecule has 0 N–H and O–H groups in total. The predicted octanol–water partition coefficient (Wildman–Crippen LogP) is 8.46. The number of aryl methyl sites for hydroxylation is 1. The third-order valence-electron chi connectivity index (χ3n) is 6.19. The van der Waals surface area contributed by atoms with Gasteiger partial charge in [0.1, 0.15) is 5.82 Å². The Bertz CT molecular complexity index is 2320. The van der Waals surface area contributed by atoms with Crippen molar-refractivity contribution in [3.63, 3.8) is 0 Å². The molecule has 2 nitrogen and oxygen atoms in total. The summed E-state index contributed by atoms with van der Waals surface area (Å²) in [6, 6.07) is 15.3. The van der Waals surface area contributed by atoms with Crippen LogP contribution in [-0.2, 0) is 0 Å². The van der Waals surface area contributed by atoms with E-state index in [1.54, 1.807) is 36.4 Å². The fourth-order valence-electron chi connectivity index (χ4n) is 4.79. The quantitative estimate of drug-likeness (QED) is 0.244. The van der Waals surface area contributed by atoms with Gasteiger partial charge in [0.2, 0.25) is 0 Å². The van der Waals surface area contributed by atoms with Crippen molar-refractivity contribution in [2.24, 2.45) is 0 Å². The normalized spacial score (nSPS) is 16.6. The number of benzene rings is 6. The molecule has 0 saturated carbocycles. The number of hydrogen-bond donors (Lipinski definition) is 0. The topological polar surface area (TPSA) is 17.8 Å². The molecule has 1 heterocycles. The number of para-hydroxylation sites is 2. The number of hydrogen-bond acceptors (Lipinski definition) is 1. The minimum Gasteiger partial charge on any atom is -0.295 e. The molecule has 0 spiro atoms. The summed E-state index contributed by atoms with van der Waals surface area (Å²) < 4.78 is 97.6. The van der Waals surface area contributed by atoms with Crippen LogP contribution in [0.15, 0.2) is 115 Å². The third-order valence-corrected chi connectivity index (χ3v) is 6.19. The molecule has 0 radical (unpaired) electrons. The molecule has 0 atom stereocenters. The van der Waals surface area contributed by atoms with Gasteiger partial charge in [0.05, 0.1) is 27.7 Å². The smallest absolute Gasteiger partial charge is 0.111 e. The van der Waals surface area contributed by atoms with E-state index in [0.717, 1.165) is 5.39 Å². The van der Waals surface area contributed by atoms with Crippen molar-refractivity contribution in [2.45, 2.75) is 6.85 Å². The SMILES string of the molecule is [2H]c1c([2H])c([2H])c2c(-n3c(C([2H])([2H])[2H])nc4ccccc43)c3c([2H])c([2H])c([2H])c([2H])c3c(-c3cccc4ccccc34)c2c1[2H]. The zero-order chi connectivity index (χ0) is 32.1. The van der Waals surface area contributed by atoms with Gasteiger partial charge in [-0.3, -0.25) is 4.57 Å². The molecule has 0 saturated heterocycles. The minimum absolute atomic E-state index is 0.000781. The Kier molecular flexibility index (Phi) is 2.39. The van der Waals surface area contributed by atoms with Gasteiger partial charge >= 0.3 is 0 Å². The van der Waals surface area contributed by atoms with Gasteiger partial charge < -0.3 is 0 Å². The first-order chi connectivity index (χ1) is 21.3. The van der Waals surface area contributed by atoms with E-state index in [2.05, 4.69) is 4.98 Å². The summed E-state index contributed by atoms with van der Waals surface area (Å²) in [5, 5.41) is 1.34. The van der Waals surface area contributed by atoms with Crippen LogP contribution in [0.3, 0.4) is 0 Å².